The van der Waals surface area contributed by atoms with Crippen LogP contribution in [-0.4, -0.2) is 78.4 Å². The van der Waals surface area contributed by atoms with E-state index in [4.69, 9.17) is 18.3 Å². The molecule has 1 N–H and O–H groups in total. The fourth-order valence-corrected chi connectivity index (χ4v) is 5.95. The lowest BCUT2D eigenvalue weighted by atomic mass is 10.1. The molecule has 0 saturated heterocycles. The molecule has 0 aliphatic rings. The van der Waals surface area contributed by atoms with Crippen LogP contribution in [-0.2, 0) is 19.6 Å². The molecule has 0 unspecified atom stereocenters. The van der Waals surface area contributed by atoms with E-state index in [9.17, 15) is 31.2 Å². The largest absolute Gasteiger partial charge is 0.534 e. The molecule has 0 radical (unpaired) electrons. The molecule has 0 aliphatic carbocycles. The van der Waals surface area contributed by atoms with Gasteiger partial charge in [0.1, 0.15) is 5.60 Å². The van der Waals surface area contributed by atoms with Crippen LogP contribution in [0.4, 0.5) is 29.3 Å². The van der Waals surface area contributed by atoms with Crippen LogP contribution in [0.25, 0.3) is 56.0 Å². The Morgan fingerprint density at radius 3 is 1.95 bits per heavy atom. The average molecular weight is 832 g/mol. The Balaban J connectivity index is 0.000000198. The van der Waals surface area contributed by atoms with Gasteiger partial charge in [-0.15, -0.1) is 0 Å². The van der Waals surface area contributed by atoms with Crippen molar-refractivity contribution < 1.29 is 53.7 Å². The fraction of sp³-hybridized carbons (Fsp3) is 0.162. The zero-order valence-corrected chi connectivity index (χ0v) is 31.8. The van der Waals surface area contributed by atoms with Crippen molar-refractivity contribution in [3.8, 4) is 28.9 Å². The normalized spacial score (nSPS) is 11.9. The van der Waals surface area contributed by atoms with Crippen LogP contribution in [0, 0.1) is 0 Å². The second-order valence-corrected chi connectivity index (χ2v) is 14.5. The molecule has 7 heterocycles. The van der Waals surface area contributed by atoms with Gasteiger partial charge in [-0.05, 0) is 57.2 Å². The number of ether oxygens (including phenoxy) is 2. The molecule has 0 saturated carbocycles. The van der Waals surface area contributed by atoms with Gasteiger partial charge in [-0.25, -0.2) is 29.5 Å². The Hall–Kier alpha value is -7.49. The minimum absolute atomic E-state index is 0.00437. The molecule has 7 aromatic heterocycles. The molecule has 8 aromatic rings. The van der Waals surface area contributed by atoms with Crippen LogP contribution in [0.5, 0.6) is 5.75 Å². The van der Waals surface area contributed by atoms with E-state index in [1.807, 2.05) is 0 Å². The number of pyridine rings is 2. The van der Waals surface area contributed by atoms with E-state index < -0.39 is 39.0 Å². The zero-order valence-electron chi connectivity index (χ0n) is 31.0. The molecule has 8 rings (SSSR count). The first kappa shape index (κ1) is 39.7. The van der Waals surface area contributed by atoms with Gasteiger partial charge in [0.15, 0.2) is 40.0 Å². The van der Waals surface area contributed by atoms with Gasteiger partial charge in [0.05, 0.1) is 47.2 Å². The van der Waals surface area contributed by atoms with Crippen LogP contribution in [0.15, 0.2) is 101 Å². The molecule has 0 atom stereocenters. The molecule has 22 heteroatoms. The number of hydrogen-bond donors (Lipinski definition) is 1. The van der Waals surface area contributed by atoms with Gasteiger partial charge < -0.3 is 27.8 Å². The molecule has 0 spiro atoms. The highest BCUT2D eigenvalue weighted by molar-refractivity contribution is 7.88. The number of esters is 1. The first-order valence-corrected chi connectivity index (χ1v) is 18.4. The van der Waals surface area contributed by atoms with E-state index >= 15 is 0 Å². The number of anilines is 2. The monoisotopic (exact) mass is 831 g/mol. The van der Waals surface area contributed by atoms with E-state index in [1.54, 1.807) is 75.9 Å². The SMILES string of the molecule is COC(=O)c1nn(C(=O)OC(C)(C)C)c2cccc(Nc3c(-c4ncccn4)oc4cnccc34)c12.O=S(=O)(Oc1c(-c2ncccn2)oc2cnccc12)C(F)(F)F. The number of nitrogens with zero attached hydrogens (tertiary/aromatic N) is 8. The van der Waals surface area contributed by atoms with Gasteiger partial charge in [0.2, 0.25) is 5.76 Å². The van der Waals surface area contributed by atoms with E-state index in [-0.39, 0.29) is 28.2 Å². The van der Waals surface area contributed by atoms with Gasteiger partial charge in [-0.2, -0.15) is 31.4 Å². The highest BCUT2D eigenvalue weighted by Gasteiger charge is 2.49. The minimum Gasteiger partial charge on any atom is -0.464 e. The van der Waals surface area contributed by atoms with Gasteiger partial charge in [0, 0.05) is 42.6 Å². The lowest BCUT2D eigenvalue weighted by molar-refractivity contribution is -0.0499. The first-order chi connectivity index (χ1) is 28.1. The van der Waals surface area contributed by atoms with E-state index in [0.29, 0.717) is 39.4 Å². The van der Waals surface area contributed by atoms with Crippen molar-refractivity contribution in [3.05, 3.63) is 97.7 Å². The molecular formula is C37H28F3N9O9S. The van der Waals surface area contributed by atoms with Crippen LogP contribution < -0.4 is 9.50 Å². The summed E-state index contributed by atoms with van der Waals surface area (Å²) in [6.07, 6.45) is 10.8. The summed E-state index contributed by atoms with van der Waals surface area (Å²) in [5.41, 5.74) is -4.43. The fourth-order valence-electron chi connectivity index (χ4n) is 5.47. The second kappa shape index (κ2) is 15.5. The van der Waals surface area contributed by atoms with E-state index in [1.165, 1.54) is 44.0 Å². The summed E-state index contributed by atoms with van der Waals surface area (Å²) in [5, 5.41) is 8.68. The quantitative estimate of drug-likeness (QED) is 0.0933. The number of fused-ring (bicyclic) bond motifs is 3. The van der Waals surface area contributed by atoms with Crippen molar-refractivity contribution in [1.82, 2.24) is 39.7 Å². The summed E-state index contributed by atoms with van der Waals surface area (Å²) in [5.74, 6) is -1.08. The predicted molar refractivity (Wildman–Crippen MR) is 202 cm³/mol. The number of methoxy groups -OCH3 is 1. The van der Waals surface area contributed by atoms with Crippen molar-refractivity contribution in [2.75, 3.05) is 12.4 Å². The molecule has 0 aliphatic heterocycles. The highest BCUT2D eigenvalue weighted by Crippen LogP contribution is 2.42. The number of halogens is 3. The molecule has 59 heavy (non-hydrogen) atoms. The summed E-state index contributed by atoms with van der Waals surface area (Å²) >= 11 is 0. The number of alkyl halides is 3. The standard InChI is InChI=1S/C25H22N6O5.C12H6F3N3O4S/c1-25(2,3)36-24(33)31-16-8-5-7-15(18(16)20(30-31)23(32)34-4)29-19-14-9-12-26-13-17(14)35-21(19)22-27-10-6-11-28-22;13-12(14,15)23(19,20)22-9-7-2-5-16-6-8(7)21-10(9)11-17-3-1-4-18-11/h5-13,29H,1-4H3;1-6H. The van der Waals surface area contributed by atoms with Crippen LogP contribution in [0.2, 0.25) is 0 Å². The third-order valence-corrected chi connectivity index (χ3v) is 8.82. The van der Waals surface area contributed by atoms with E-state index in [0.717, 1.165) is 10.1 Å². The summed E-state index contributed by atoms with van der Waals surface area (Å²) in [6, 6.07) is 11.4. The molecule has 302 valence electrons. The summed E-state index contributed by atoms with van der Waals surface area (Å²) in [6.45, 7) is 5.24. The minimum atomic E-state index is -5.88. The molecule has 0 amide bonds. The predicted octanol–water partition coefficient (Wildman–Crippen LogP) is 7.46. The van der Waals surface area contributed by atoms with Crippen molar-refractivity contribution in [1.29, 1.82) is 0 Å². The Kier molecular flexibility index (Phi) is 10.4. The number of carbonyl (C=O) groups is 2. The number of benzene rings is 1. The Morgan fingerprint density at radius 2 is 1.36 bits per heavy atom. The maximum absolute atomic E-state index is 12.9. The number of nitrogens with one attached hydrogen (secondary N) is 1. The summed E-state index contributed by atoms with van der Waals surface area (Å²) in [7, 11) is -4.63. The maximum Gasteiger partial charge on any atom is 0.534 e. The van der Waals surface area contributed by atoms with Crippen LogP contribution in [0.1, 0.15) is 31.3 Å². The van der Waals surface area contributed by atoms with Crippen molar-refractivity contribution >= 4 is 66.4 Å². The van der Waals surface area contributed by atoms with E-state index in [2.05, 4.69) is 44.5 Å². The molecule has 0 bridgehead atoms. The number of hydrogen-bond acceptors (Lipinski definition) is 17. The number of rotatable bonds is 7. The summed E-state index contributed by atoms with van der Waals surface area (Å²) < 4.78 is 87.4. The topological polar surface area (TPSA) is 229 Å². The third kappa shape index (κ3) is 8.05. The van der Waals surface area contributed by atoms with Gasteiger partial charge in [-0.1, -0.05) is 6.07 Å². The van der Waals surface area contributed by atoms with Crippen molar-refractivity contribution in [2.24, 2.45) is 0 Å². The van der Waals surface area contributed by atoms with Gasteiger partial charge >= 0.3 is 27.7 Å². The Morgan fingerprint density at radius 1 is 0.780 bits per heavy atom. The lowest BCUT2D eigenvalue weighted by Crippen LogP contribution is -2.28. The maximum atomic E-state index is 12.9. The summed E-state index contributed by atoms with van der Waals surface area (Å²) in [4.78, 5) is 49.7. The average Bonchev–Trinajstić information content (AvgIpc) is 3.90. The molecular weight excluding hydrogens is 804 g/mol. The molecule has 1 aromatic carbocycles. The number of furan rings is 2. The van der Waals surface area contributed by atoms with Crippen LogP contribution in [0.3, 0.4) is 0 Å². The third-order valence-electron chi connectivity index (χ3n) is 7.87. The van der Waals surface area contributed by atoms with Crippen molar-refractivity contribution in [3.63, 3.8) is 0 Å². The zero-order chi connectivity index (χ0) is 42.1. The van der Waals surface area contributed by atoms with Gasteiger partial charge in [-0.3, -0.25) is 9.97 Å². The smallest absolute Gasteiger partial charge is 0.464 e. The first-order valence-electron chi connectivity index (χ1n) is 17.0. The van der Waals surface area contributed by atoms with Crippen molar-refractivity contribution in [2.45, 2.75) is 31.9 Å². The molecule has 0 fully saturated rings. The lowest BCUT2D eigenvalue weighted by Gasteiger charge is -2.19. The molecule has 18 nitrogen and oxygen atoms in total. The second-order valence-electron chi connectivity index (χ2n) is 13.0. The highest BCUT2D eigenvalue weighted by atomic mass is 32.2. The van der Waals surface area contributed by atoms with Crippen LogP contribution >= 0.6 is 0 Å². The Labute approximate surface area is 330 Å². The Bertz CT molecular complexity index is 2950. The number of aromatic nitrogens is 8. The van der Waals surface area contributed by atoms with Gasteiger partial charge in [0.25, 0.3) is 0 Å². The number of carbonyl (C=O) groups excluding carboxylic acids is 2.